The Bertz CT molecular complexity index is 588. The van der Waals surface area contributed by atoms with E-state index in [0.717, 1.165) is 16.3 Å². The van der Waals surface area contributed by atoms with Crippen LogP contribution in [0.2, 0.25) is 0 Å². The number of carbonyl (C=O) groups excluding carboxylic acids is 1. The number of carbonyl (C=O) groups is 1. The minimum Gasteiger partial charge on any atom is -0.288 e. The van der Waals surface area contributed by atoms with Crippen molar-refractivity contribution in [3.8, 4) is 0 Å². The van der Waals surface area contributed by atoms with Gasteiger partial charge in [-0.15, -0.1) is 0 Å². The number of rotatable bonds is 2. The van der Waals surface area contributed by atoms with Gasteiger partial charge in [-0.1, -0.05) is 36.4 Å². The maximum absolute atomic E-state index is 11.2. The van der Waals surface area contributed by atoms with Crippen LogP contribution in [0.3, 0.4) is 0 Å². The molecule has 2 aromatic rings. The first kappa shape index (κ1) is 11.4. The summed E-state index contributed by atoms with van der Waals surface area (Å²) in [6.45, 7) is 1.65. The van der Waals surface area contributed by atoms with Crippen molar-refractivity contribution in [2.24, 2.45) is 0 Å². The van der Waals surface area contributed by atoms with Gasteiger partial charge in [-0.3, -0.25) is 10.0 Å². The Morgan fingerprint density at radius 1 is 1.18 bits per heavy atom. The lowest BCUT2D eigenvalue weighted by atomic mass is 10.1. The predicted molar refractivity (Wildman–Crippen MR) is 67.5 cm³/mol. The molecule has 0 unspecified atom stereocenters. The van der Waals surface area contributed by atoms with Crippen LogP contribution in [0.5, 0.6) is 0 Å². The highest BCUT2D eigenvalue weighted by Crippen LogP contribution is 2.17. The van der Waals surface area contributed by atoms with Crippen molar-refractivity contribution in [1.82, 2.24) is 5.48 Å². The van der Waals surface area contributed by atoms with Gasteiger partial charge in [0.25, 0.3) is 5.91 Å². The fourth-order valence-electron chi connectivity index (χ4n) is 1.70. The van der Waals surface area contributed by atoms with Crippen LogP contribution in [0.1, 0.15) is 12.5 Å². The number of nitrogens with one attached hydrogen (secondary N) is 1. The first-order chi connectivity index (χ1) is 8.20. The third kappa shape index (κ3) is 2.52. The van der Waals surface area contributed by atoms with Crippen molar-refractivity contribution in [2.45, 2.75) is 6.92 Å². The lowest BCUT2D eigenvalue weighted by Crippen LogP contribution is -2.19. The van der Waals surface area contributed by atoms with Crippen LogP contribution in [-0.4, -0.2) is 11.1 Å². The highest BCUT2D eigenvalue weighted by Gasteiger charge is 2.01. The molecule has 0 fully saturated rings. The van der Waals surface area contributed by atoms with Crippen molar-refractivity contribution in [3.05, 3.63) is 53.6 Å². The third-order valence-electron chi connectivity index (χ3n) is 2.62. The second kappa shape index (κ2) is 4.80. The fourth-order valence-corrected chi connectivity index (χ4v) is 1.70. The van der Waals surface area contributed by atoms with Crippen LogP contribution in [-0.2, 0) is 4.79 Å². The van der Waals surface area contributed by atoms with E-state index in [9.17, 15) is 4.79 Å². The molecule has 0 aliphatic rings. The SMILES string of the molecule is C/C(=C\c1ccc2ccccc2c1)C(=O)NO. The summed E-state index contributed by atoms with van der Waals surface area (Å²) in [6, 6.07) is 14.0. The van der Waals surface area contributed by atoms with Crippen molar-refractivity contribution in [3.63, 3.8) is 0 Å². The van der Waals surface area contributed by atoms with Crippen LogP contribution in [0, 0.1) is 0 Å². The van der Waals surface area contributed by atoms with Gasteiger partial charge in [-0.25, -0.2) is 5.48 Å². The van der Waals surface area contributed by atoms with Gasteiger partial charge in [0.1, 0.15) is 0 Å². The van der Waals surface area contributed by atoms with Gasteiger partial charge in [0, 0.05) is 5.57 Å². The molecule has 3 heteroatoms. The summed E-state index contributed by atoms with van der Waals surface area (Å²) in [7, 11) is 0. The molecule has 0 saturated carbocycles. The summed E-state index contributed by atoms with van der Waals surface area (Å²) < 4.78 is 0. The van der Waals surface area contributed by atoms with Crippen molar-refractivity contribution in [2.75, 3.05) is 0 Å². The largest absolute Gasteiger partial charge is 0.288 e. The molecule has 3 nitrogen and oxygen atoms in total. The van der Waals surface area contributed by atoms with Crippen LogP contribution >= 0.6 is 0 Å². The van der Waals surface area contributed by atoms with E-state index in [2.05, 4.69) is 0 Å². The molecule has 0 aliphatic carbocycles. The van der Waals surface area contributed by atoms with Crippen molar-refractivity contribution < 1.29 is 10.0 Å². The minimum atomic E-state index is -0.488. The second-order valence-corrected chi connectivity index (χ2v) is 3.87. The number of benzene rings is 2. The van der Waals surface area contributed by atoms with Crippen LogP contribution in [0.4, 0.5) is 0 Å². The van der Waals surface area contributed by atoms with Crippen LogP contribution < -0.4 is 5.48 Å². The van der Waals surface area contributed by atoms with E-state index in [1.807, 2.05) is 42.5 Å². The quantitative estimate of drug-likeness (QED) is 0.471. The van der Waals surface area contributed by atoms with Crippen molar-refractivity contribution >= 4 is 22.8 Å². The topological polar surface area (TPSA) is 49.3 Å². The summed E-state index contributed by atoms with van der Waals surface area (Å²) in [6.07, 6.45) is 1.73. The van der Waals surface area contributed by atoms with Gasteiger partial charge < -0.3 is 0 Å². The summed E-state index contributed by atoms with van der Waals surface area (Å²) in [4.78, 5) is 11.2. The number of hydroxylamine groups is 1. The summed E-state index contributed by atoms with van der Waals surface area (Å²) in [5, 5.41) is 10.8. The van der Waals surface area contributed by atoms with Gasteiger partial charge in [0.15, 0.2) is 0 Å². The van der Waals surface area contributed by atoms with E-state index in [0.29, 0.717) is 5.57 Å². The van der Waals surface area contributed by atoms with Gasteiger partial charge >= 0.3 is 0 Å². The van der Waals surface area contributed by atoms with Gasteiger partial charge in [0.05, 0.1) is 0 Å². The molecule has 0 bridgehead atoms. The molecule has 0 saturated heterocycles. The minimum absolute atomic E-state index is 0.461. The predicted octanol–water partition coefficient (Wildman–Crippen LogP) is 2.75. The number of hydrogen-bond acceptors (Lipinski definition) is 2. The van der Waals surface area contributed by atoms with E-state index in [1.165, 1.54) is 0 Å². The highest BCUT2D eigenvalue weighted by atomic mass is 16.5. The number of amides is 1. The van der Waals surface area contributed by atoms with Crippen molar-refractivity contribution in [1.29, 1.82) is 0 Å². The molecule has 17 heavy (non-hydrogen) atoms. The normalized spacial score (nSPS) is 11.5. The molecule has 0 radical (unpaired) electrons. The zero-order valence-electron chi connectivity index (χ0n) is 9.47. The molecule has 0 heterocycles. The van der Waals surface area contributed by atoms with Gasteiger partial charge in [0.2, 0.25) is 0 Å². The Balaban J connectivity index is 2.40. The zero-order chi connectivity index (χ0) is 12.3. The lowest BCUT2D eigenvalue weighted by Gasteiger charge is -2.01. The molecule has 0 atom stereocenters. The first-order valence-corrected chi connectivity index (χ1v) is 5.32. The maximum atomic E-state index is 11.2. The second-order valence-electron chi connectivity index (χ2n) is 3.87. The Kier molecular flexibility index (Phi) is 3.21. The highest BCUT2D eigenvalue weighted by molar-refractivity contribution is 5.97. The van der Waals surface area contributed by atoms with Crippen LogP contribution in [0.15, 0.2) is 48.0 Å². The average molecular weight is 227 g/mol. The Morgan fingerprint density at radius 2 is 1.88 bits per heavy atom. The molecule has 2 N–H and O–H groups in total. The van der Waals surface area contributed by atoms with Crippen LogP contribution in [0.25, 0.3) is 16.8 Å². The van der Waals surface area contributed by atoms with E-state index in [1.54, 1.807) is 18.5 Å². The van der Waals surface area contributed by atoms with Gasteiger partial charge in [-0.05, 0) is 35.4 Å². The standard InChI is InChI=1S/C14H13NO2/c1-10(14(16)15-17)8-11-6-7-12-4-2-3-5-13(12)9-11/h2-9,17H,1H3,(H,15,16)/b10-8+. The number of hydrogen-bond donors (Lipinski definition) is 2. The van der Waals surface area contributed by atoms with E-state index in [4.69, 9.17) is 5.21 Å². The molecule has 2 aromatic carbocycles. The maximum Gasteiger partial charge on any atom is 0.270 e. The molecule has 1 amide bonds. The Labute approximate surface area is 99.3 Å². The molecule has 2 rings (SSSR count). The van der Waals surface area contributed by atoms with E-state index in [-0.39, 0.29) is 0 Å². The Hall–Kier alpha value is -2.13. The lowest BCUT2D eigenvalue weighted by molar-refractivity contribution is -0.125. The smallest absolute Gasteiger partial charge is 0.270 e. The monoisotopic (exact) mass is 227 g/mol. The molecule has 86 valence electrons. The molecular formula is C14H13NO2. The van der Waals surface area contributed by atoms with E-state index >= 15 is 0 Å². The van der Waals surface area contributed by atoms with Gasteiger partial charge in [-0.2, -0.15) is 0 Å². The number of fused-ring (bicyclic) bond motifs is 1. The Morgan fingerprint density at radius 3 is 2.59 bits per heavy atom. The first-order valence-electron chi connectivity index (χ1n) is 5.32. The summed E-state index contributed by atoms with van der Waals surface area (Å²) in [5.41, 5.74) is 3.01. The molecule has 0 aliphatic heterocycles. The third-order valence-corrected chi connectivity index (χ3v) is 2.62. The van der Waals surface area contributed by atoms with E-state index < -0.39 is 5.91 Å². The molecule has 0 aromatic heterocycles. The fraction of sp³-hybridized carbons (Fsp3) is 0.0714. The summed E-state index contributed by atoms with van der Waals surface area (Å²) in [5.74, 6) is -0.488. The molecular weight excluding hydrogens is 214 g/mol. The molecule has 0 spiro atoms. The zero-order valence-corrected chi connectivity index (χ0v) is 9.47. The average Bonchev–Trinajstić information content (AvgIpc) is 2.37. The summed E-state index contributed by atoms with van der Waals surface area (Å²) >= 11 is 0.